The number of benzene rings is 1. The van der Waals surface area contributed by atoms with Crippen molar-refractivity contribution >= 4 is 17.8 Å². The van der Waals surface area contributed by atoms with Gasteiger partial charge in [-0.2, -0.15) is 0 Å². The third kappa shape index (κ3) is 8.97. The molecule has 4 fully saturated rings. The van der Waals surface area contributed by atoms with Gasteiger partial charge in [0.25, 0.3) is 0 Å². The van der Waals surface area contributed by atoms with Crippen LogP contribution in [0.2, 0.25) is 0 Å². The fraction of sp³-hybridized carbons (Fsp3) is 0.756. The molecule has 2 heterocycles. The number of nitrogens with one attached hydrogen (secondary N) is 1. The quantitative estimate of drug-likeness (QED) is 0.0796. The number of hydrogen-bond donors (Lipinski definition) is 8. The predicted molar refractivity (Wildman–Crippen MR) is 221 cm³/mol. The predicted octanol–water partition coefficient (Wildman–Crippen LogP) is 1.64. The monoisotopic (exact) mass is 876 g/mol. The molecule has 0 radical (unpaired) electrons. The van der Waals surface area contributed by atoms with E-state index in [1.54, 1.807) is 37.3 Å². The Labute approximate surface area is 363 Å². The Morgan fingerprint density at radius 3 is 2.23 bits per heavy atom. The van der Waals surface area contributed by atoms with Gasteiger partial charge in [0.05, 0.1) is 36.6 Å². The Balaban J connectivity index is 1.31. The van der Waals surface area contributed by atoms with Gasteiger partial charge in [-0.1, -0.05) is 57.5 Å². The lowest BCUT2D eigenvalue weighted by atomic mass is 9.39. The number of aliphatic hydroxyl groups excluding tert-OH is 5. The summed E-state index contributed by atoms with van der Waals surface area (Å²) in [6.45, 7) is 12.7. The smallest absolute Gasteiger partial charge is 0.338 e. The second kappa shape index (κ2) is 18.8. The van der Waals surface area contributed by atoms with Crippen LogP contribution < -0.4 is 11.1 Å². The summed E-state index contributed by atoms with van der Waals surface area (Å²) in [6.07, 6.45) is -10.4. The number of nitrogens with two attached hydrogens (primary N) is 1. The summed E-state index contributed by atoms with van der Waals surface area (Å²) in [6, 6.07) is 5.58. The number of carboxylic acid groups (broad SMARTS) is 1. The van der Waals surface area contributed by atoms with Gasteiger partial charge in [-0.3, -0.25) is 9.59 Å². The number of carbonyl (C=O) groups excluding carboxylic acids is 2. The highest BCUT2D eigenvalue weighted by atomic mass is 16.7. The Morgan fingerprint density at radius 2 is 1.61 bits per heavy atom. The molecular weight excluding hydrogens is 808 g/mol. The normalized spacial score (nSPS) is 42.6. The molecule has 1 amide bonds. The van der Waals surface area contributed by atoms with E-state index < -0.39 is 121 Å². The fourth-order valence-electron chi connectivity index (χ4n) is 12.1. The number of rotatable bonds is 13. The second-order valence-corrected chi connectivity index (χ2v) is 19.4. The fourth-order valence-corrected chi connectivity index (χ4v) is 12.1. The summed E-state index contributed by atoms with van der Waals surface area (Å²) >= 11 is 0. The number of carboxylic acids is 1. The first-order chi connectivity index (χ1) is 29.1. The molecule has 2 saturated heterocycles. The van der Waals surface area contributed by atoms with Crippen LogP contribution >= 0.6 is 0 Å². The minimum absolute atomic E-state index is 0.0325. The van der Waals surface area contributed by atoms with Crippen LogP contribution in [0, 0.1) is 34.0 Å². The van der Waals surface area contributed by atoms with Gasteiger partial charge in [0.2, 0.25) is 5.91 Å². The Kier molecular flexibility index (Phi) is 14.7. The molecule has 1 aromatic carbocycles. The molecular formula is C45H68N2O15. The van der Waals surface area contributed by atoms with Crippen LogP contribution in [0.15, 0.2) is 42.0 Å². The minimum atomic E-state index is -1.72. The molecule has 0 aromatic heterocycles. The van der Waals surface area contributed by atoms with E-state index in [0.29, 0.717) is 12.8 Å². The van der Waals surface area contributed by atoms with E-state index in [-0.39, 0.29) is 28.7 Å². The second-order valence-electron chi connectivity index (χ2n) is 19.4. The summed E-state index contributed by atoms with van der Waals surface area (Å²) in [7, 11) is 1.48. The Bertz CT molecular complexity index is 1780. The molecule has 19 atom stereocenters. The topological polar surface area (TPSA) is 266 Å². The van der Waals surface area contributed by atoms with Crippen LogP contribution in [0.25, 0.3) is 0 Å². The van der Waals surface area contributed by atoms with Gasteiger partial charge in [0.15, 0.2) is 18.7 Å². The first-order valence-electron chi connectivity index (χ1n) is 21.8. The number of aliphatic carboxylic acids is 1. The average Bonchev–Trinajstić information content (AvgIpc) is 3.21. The number of ether oxygens (including phenoxy) is 6. The van der Waals surface area contributed by atoms with Crippen LogP contribution in [0.3, 0.4) is 0 Å². The molecule has 17 heteroatoms. The van der Waals surface area contributed by atoms with Gasteiger partial charge in [-0.05, 0) is 92.1 Å². The maximum Gasteiger partial charge on any atom is 0.338 e. The third-order valence-electron chi connectivity index (χ3n) is 15.3. The summed E-state index contributed by atoms with van der Waals surface area (Å²) in [5, 5.41) is 68.5. The lowest BCUT2D eigenvalue weighted by Gasteiger charge is -2.67. The summed E-state index contributed by atoms with van der Waals surface area (Å²) in [5.41, 5.74) is 6.08. The summed E-state index contributed by atoms with van der Waals surface area (Å²) in [5.74, 6) is -2.38. The van der Waals surface area contributed by atoms with Gasteiger partial charge in [0, 0.05) is 14.0 Å². The lowest BCUT2D eigenvalue weighted by molar-refractivity contribution is -0.358. The molecule has 348 valence electrons. The minimum Gasteiger partial charge on any atom is -0.480 e. The number of hydrogen-bond acceptors (Lipinski definition) is 15. The van der Waals surface area contributed by atoms with Crippen molar-refractivity contribution in [2.45, 2.75) is 166 Å². The zero-order valence-corrected chi connectivity index (χ0v) is 37.0. The highest BCUT2D eigenvalue weighted by molar-refractivity contribution is 5.89. The van der Waals surface area contributed by atoms with Crippen LogP contribution in [-0.4, -0.2) is 148 Å². The van der Waals surface area contributed by atoms with Gasteiger partial charge in [-0.15, -0.1) is 0 Å². The molecule has 2 saturated carbocycles. The largest absolute Gasteiger partial charge is 0.480 e. The SMILES string of the molecule is COC(CC1C(C)=CCC2C1(C)CCC1C(C)(C)C(O)C(OC3OC(C)C(OC(=O)c4ccccc4)C(OC4OC(CO)C(O)C(O)C4NC(C)=O)C3O)CC12C)C(N)C(=O)O. The number of methoxy groups -OCH3 is 1. The Morgan fingerprint density at radius 1 is 0.935 bits per heavy atom. The van der Waals surface area contributed by atoms with Crippen molar-refractivity contribution in [3.05, 3.63) is 47.5 Å². The highest BCUT2D eigenvalue weighted by Crippen LogP contribution is 2.69. The number of fused-ring (bicyclic) bond motifs is 3. The number of esters is 1. The summed E-state index contributed by atoms with van der Waals surface area (Å²) in [4.78, 5) is 37.7. The number of amides is 1. The van der Waals surface area contributed by atoms with E-state index >= 15 is 0 Å². The molecule has 17 nitrogen and oxygen atoms in total. The number of allylic oxidation sites excluding steroid dienone is 2. The molecule has 19 unspecified atom stereocenters. The molecule has 2 aliphatic heterocycles. The molecule has 5 aliphatic rings. The maximum atomic E-state index is 13.5. The number of aliphatic hydroxyl groups is 5. The van der Waals surface area contributed by atoms with E-state index in [9.17, 15) is 45.0 Å². The van der Waals surface area contributed by atoms with Gasteiger partial charge in [-0.25, -0.2) is 4.79 Å². The van der Waals surface area contributed by atoms with E-state index in [1.165, 1.54) is 14.0 Å². The molecule has 0 spiro atoms. The van der Waals surface area contributed by atoms with Crippen molar-refractivity contribution in [3.8, 4) is 0 Å². The van der Waals surface area contributed by atoms with Crippen LogP contribution in [0.1, 0.15) is 90.9 Å². The first-order valence-corrected chi connectivity index (χ1v) is 21.8. The molecule has 0 bridgehead atoms. The van der Waals surface area contributed by atoms with Gasteiger partial charge < -0.3 is 70.1 Å². The lowest BCUT2D eigenvalue weighted by Crippen LogP contribution is -2.68. The highest BCUT2D eigenvalue weighted by Gasteiger charge is 2.65. The van der Waals surface area contributed by atoms with Crippen LogP contribution in [0.4, 0.5) is 0 Å². The van der Waals surface area contributed by atoms with Crippen LogP contribution in [-0.2, 0) is 38.0 Å². The maximum absolute atomic E-state index is 13.5. The van der Waals surface area contributed by atoms with E-state index in [1.807, 2.05) is 13.8 Å². The standard InChI is InChI=1S/C45H68N2O15/c1-21-14-15-30-44(6,25(21)18-26(57-8)31(46)39(54)55)17-16-29-43(4,5)38(53)27(19-45(29,30)7)59-42-35(52)37(36(22(2)58-42)61-40(56)24-12-10-9-11-13-24)62-41-32(47-23(3)49)34(51)33(50)28(20-48)60-41/h9-14,22,25-38,41-42,48,50-53H,15-20,46H2,1-8H3,(H,47,49)(H,54,55). The van der Waals surface area contributed by atoms with Crippen LogP contribution in [0.5, 0.6) is 0 Å². The molecule has 62 heavy (non-hydrogen) atoms. The van der Waals surface area contributed by atoms with Crippen molar-refractivity contribution in [2.24, 2.45) is 39.7 Å². The van der Waals surface area contributed by atoms with Gasteiger partial charge >= 0.3 is 11.9 Å². The summed E-state index contributed by atoms with van der Waals surface area (Å²) < 4.78 is 36.9. The van der Waals surface area contributed by atoms with Crippen molar-refractivity contribution < 1.29 is 73.4 Å². The first kappa shape index (κ1) is 48.4. The molecule has 9 N–H and O–H groups in total. The molecule has 1 aromatic rings. The average molecular weight is 877 g/mol. The van der Waals surface area contributed by atoms with E-state index in [0.717, 1.165) is 24.8 Å². The zero-order valence-electron chi connectivity index (χ0n) is 37.0. The van der Waals surface area contributed by atoms with Gasteiger partial charge in [0.1, 0.15) is 42.6 Å². The van der Waals surface area contributed by atoms with Crippen molar-refractivity contribution in [1.82, 2.24) is 5.32 Å². The Hall–Kier alpha value is -3.07. The third-order valence-corrected chi connectivity index (χ3v) is 15.3. The number of carbonyl (C=O) groups is 3. The van der Waals surface area contributed by atoms with Crippen molar-refractivity contribution in [2.75, 3.05) is 13.7 Å². The zero-order chi connectivity index (χ0) is 45.6. The van der Waals surface area contributed by atoms with E-state index in [4.69, 9.17) is 34.2 Å². The van der Waals surface area contributed by atoms with Crippen molar-refractivity contribution in [1.29, 1.82) is 0 Å². The van der Waals surface area contributed by atoms with Crippen molar-refractivity contribution in [3.63, 3.8) is 0 Å². The molecule has 6 rings (SSSR count). The van der Waals surface area contributed by atoms with E-state index in [2.05, 4.69) is 32.2 Å². The molecule has 3 aliphatic carbocycles.